The molecular formula is C23H26N8O2S. The molecule has 11 heteroatoms. The molecule has 0 aliphatic carbocycles. The molecule has 0 unspecified atom stereocenters. The van der Waals surface area contributed by atoms with Crippen LogP contribution in [0.3, 0.4) is 0 Å². The Balaban J connectivity index is 1.43. The van der Waals surface area contributed by atoms with Gasteiger partial charge in [-0.1, -0.05) is 5.57 Å². The summed E-state index contributed by atoms with van der Waals surface area (Å²) in [6, 6.07) is 5.23. The zero-order chi connectivity index (χ0) is 23.7. The van der Waals surface area contributed by atoms with Crippen LogP contribution < -0.4 is 16.8 Å². The van der Waals surface area contributed by atoms with Gasteiger partial charge in [-0.05, 0) is 44.5 Å². The number of nitrogens with zero attached hydrogens (tertiary/aromatic N) is 5. The topological polar surface area (TPSA) is 149 Å². The predicted octanol–water partition coefficient (Wildman–Crippen LogP) is 2.66. The SMILES string of the molecule is CC1=C(c2nnc(-c3nc(-c4ccc(C(=O)N5CCCNCC5)cc4N)cnc3N)o2)SCC1. The van der Waals surface area contributed by atoms with Crippen LogP contribution in [0, 0.1) is 0 Å². The van der Waals surface area contributed by atoms with Crippen LogP contribution in [0.15, 0.2) is 34.4 Å². The summed E-state index contributed by atoms with van der Waals surface area (Å²) in [5.74, 6) is 1.83. The van der Waals surface area contributed by atoms with Crippen LogP contribution in [0.5, 0.6) is 0 Å². The van der Waals surface area contributed by atoms with E-state index in [2.05, 4.69) is 32.4 Å². The normalized spacial score (nSPS) is 16.7. The smallest absolute Gasteiger partial charge is 0.270 e. The Labute approximate surface area is 201 Å². The van der Waals surface area contributed by atoms with E-state index in [1.807, 2.05) is 4.90 Å². The van der Waals surface area contributed by atoms with E-state index < -0.39 is 0 Å². The van der Waals surface area contributed by atoms with Gasteiger partial charge in [-0.15, -0.1) is 22.0 Å². The molecular weight excluding hydrogens is 452 g/mol. The molecule has 1 aromatic carbocycles. The van der Waals surface area contributed by atoms with Gasteiger partial charge in [0, 0.05) is 42.2 Å². The van der Waals surface area contributed by atoms with Crippen molar-refractivity contribution in [2.75, 3.05) is 43.4 Å². The van der Waals surface area contributed by atoms with E-state index in [4.69, 9.17) is 15.9 Å². The highest BCUT2D eigenvalue weighted by atomic mass is 32.2. The number of benzene rings is 1. The van der Waals surface area contributed by atoms with Crippen molar-refractivity contribution in [1.29, 1.82) is 0 Å². The minimum Gasteiger partial charge on any atom is -0.414 e. The van der Waals surface area contributed by atoms with Crippen LogP contribution in [0.25, 0.3) is 27.7 Å². The first kappa shape index (κ1) is 22.4. The molecule has 0 atom stereocenters. The maximum absolute atomic E-state index is 12.9. The maximum atomic E-state index is 12.9. The van der Waals surface area contributed by atoms with Gasteiger partial charge in [-0.2, -0.15) is 0 Å². The number of carbonyl (C=O) groups is 1. The zero-order valence-electron chi connectivity index (χ0n) is 18.9. The number of rotatable bonds is 4. The Morgan fingerprint density at radius 2 is 2.03 bits per heavy atom. The minimum atomic E-state index is -0.0289. The molecule has 4 heterocycles. The van der Waals surface area contributed by atoms with Gasteiger partial charge in [-0.3, -0.25) is 4.79 Å². The van der Waals surface area contributed by atoms with E-state index in [1.54, 1.807) is 36.2 Å². The van der Waals surface area contributed by atoms with Crippen LogP contribution in [0.2, 0.25) is 0 Å². The first-order valence-electron chi connectivity index (χ1n) is 11.2. The summed E-state index contributed by atoms with van der Waals surface area (Å²) >= 11 is 1.70. The Kier molecular flexibility index (Phi) is 6.20. The number of aromatic nitrogens is 4. The van der Waals surface area contributed by atoms with E-state index in [9.17, 15) is 4.79 Å². The Morgan fingerprint density at radius 3 is 2.82 bits per heavy atom. The van der Waals surface area contributed by atoms with Gasteiger partial charge in [-0.25, -0.2) is 9.97 Å². The third kappa shape index (κ3) is 4.36. The fraction of sp³-hybridized carbons (Fsp3) is 0.348. The molecule has 5 N–H and O–H groups in total. The first-order chi connectivity index (χ1) is 16.5. The molecule has 2 aromatic heterocycles. The summed E-state index contributed by atoms with van der Waals surface area (Å²) in [5.41, 5.74) is 16.1. The van der Waals surface area contributed by atoms with Gasteiger partial charge in [0.15, 0.2) is 11.5 Å². The predicted molar refractivity (Wildman–Crippen MR) is 133 cm³/mol. The van der Waals surface area contributed by atoms with Crippen LogP contribution in [0.1, 0.15) is 36.0 Å². The molecule has 0 bridgehead atoms. The molecule has 1 saturated heterocycles. The molecule has 1 fully saturated rings. The Bertz CT molecular complexity index is 1260. The Morgan fingerprint density at radius 1 is 1.18 bits per heavy atom. The Hall–Kier alpha value is -3.44. The number of hydrogen-bond acceptors (Lipinski definition) is 10. The van der Waals surface area contributed by atoms with Crippen molar-refractivity contribution in [2.24, 2.45) is 0 Å². The maximum Gasteiger partial charge on any atom is 0.270 e. The number of hydrogen-bond donors (Lipinski definition) is 3. The summed E-state index contributed by atoms with van der Waals surface area (Å²) in [4.78, 5) is 24.7. The van der Waals surface area contributed by atoms with Crippen LogP contribution in [-0.2, 0) is 0 Å². The molecule has 34 heavy (non-hydrogen) atoms. The van der Waals surface area contributed by atoms with Crippen molar-refractivity contribution < 1.29 is 9.21 Å². The molecule has 5 rings (SSSR count). The standard InChI is InChI=1S/C23H26N8O2S/c1-13-5-10-34-19(13)22-30-29-21(33-22)18-20(25)27-12-17(28-18)15-4-3-14(11-16(15)24)23(32)31-8-2-6-26-7-9-31/h3-4,11-12,26H,2,5-10,24H2,1H3,(H2,25,27). The van der Waals surface area contributed by atoms with Gasteiger partial charge in [0.2, 0.25) is 0 Å². The molecule has 0 radical (unpaired) electrons. The van der Waals surface area contributed by atoms with Crippen LogP contribution >= 0.6 is 11.8 Å². The fourth-order valence-electron chi connectivity index (χ4n) is 4.04. The molecule has 2 aliphatic heterocycles. The first-order valence-corrected chi connectivity index (χ1v) is 12.2. The third-order valence-corrected chi connectivity index (χ3v) is 7.16. The molecule has 0 saturated carbocycles. The van der Waals surface area contributed by atoms with Gasteiger partial charge in [0.25, 0.3) is 17.7 Å². The average molecular weight is 479 g/mol. The molecule has 176 valence electrons. The van der Waals surface area contributed by atoms with Gasteiger partial charge >= 0.3 is 0 Å². The number of nitrogens with two attached hydrogens (primary N) is 2. The quantitative estimate of drug-likeness (QED) is 0.478. The average Bonchev–Trinajstić information content (AvgIpc) is 3.40. The van der Waals surface area contributed by atoms with Gasteiger partial charge < -0.3 is 26.1 Å². The summed E-state index contributed by atoms with van der Waals surface area (Å²) in [5, 5.41) is 11.6. The van der Waals surface area contributed by atoms with E-state index in [-0.39, 0.29) is 17.6 Å². The summed E-state index contributed by atoms with van der Waals surface area (Å²) in [6.45, 7) is 5.17. The largest absolute Gasteiger partial charge is 0.414 e. The van der Waals surface area contributed by atoms with E-state index in [0.29, 0.717) is 40.6 Å². The fourth-order valence-corrected chi connectivity index (χ4v) is 5.21. The highest BCUT2D eigenvalue weighted by molar-refractivity contribution is 8.08. The van der Waals surface area contributed by atoms with Crippen molar-refractivity contribution in [1.82, 2.24) is 30.4 Å². The lowest BCUT2D eigenvalue weighted by Gasteiger charge is -2.20. The summed E-state index contributed by atoms with van der Waals surface area (Å²) < 4.78 is 5.88. The lowest BCUT2D eigenvalue weighted by atomic mass is 10.1. The van der Waals surface area contributed by atoms with Crippen molar-refractivity contribution in [3.8, 4) is 22.8 Å². The second-order valence-electron chi connectivity index (χ2n) is 8.31. The van der Waals surface area contributed by atoms with Crippen LogP contribution in [-0.4, -0.2) is 62.9 Å². The van der Waals surface area contributed by atoms with Crippen molar-refractivity contribution in [3.63, 3.8) is 0 Å². The molecule has 2 aliphatic rings. The number of carbonyl (C=O) groups excluding carboxylic acids is 1. The lowest BCUT2D eigenvalue weighted by molar-refractivity contribution is 0.0766. The number of thioether (sulfide) groups is 1. The molecule has 3 aromatic rings. The van der Waals surface area contributed by atoms with Gasteiger partial charge in [0.05, 0.1) is 16.8 Å². The van der Waals surface area contributed by atoms with E-state index in [1.165, 1.54) is 5.57 Å². The summed E-state index contributed by atoms with van der Waals surface area (Å²) in [7, 11) is 0. The van der Waals surface area contributed by atoms with Crippen LogP contribution in [0.4, 0.5) is 11.5 Å². The number of amides is 1. The van der Waals surface area contributed by atoms with Crippen molar-refractivity contribution in [2.45, 2.75) is 19.8 Å². The number of nitrogens with one attached hydrogen (secondary N) is 1. The second kappa shape index (κ2) is 9.43. The van der Waals surface area contributed by atoms with Gasteiger partial charge in [0.1, 0.15) is 0 Å². The third-order valence-electron chi connectivity index (χ3n) is 5.94. The lowest BCUT2D eigenvalue weighted by Crippen LogP contribution is -2.34. The van der Waals surface area contributed by atoms with Crippen molar-refractivity contribution in [3.05, 3.63) is 41.4 Å². The van der Waals surface area contributed by atoms with E-state index in [0.717, 1.165) is 43.1 Å². The highest BCUT2D eigenvalue weighted by Crippen LogP contribution is 2.39. The molecule has 10 nitrogen and oxygen atoms in total. The van der Waals surface area contributed by atoms with Crippen molar-refractivity contribution >= 4 is 34.1 Å². The van der Waals surface area contributed by atoms with E-state index >= 15 is 0 Å². The number of nitrogen functional groups attached to an aromatic ring is 2. The molecule has 0 spiro atoms. The second-order valence-corrected chi connectivity index (χ2v) is 9.41. The highest BCUT2D eigenvalue weighted by Gasteiger charge is 2.23. The summed E-state index contributed by atoms with van der Waals surface area (Å²) in [6.07, 6.45) is 3.47. The monoisotopic (exact) mass is 478 g/mol. The minimum absolute atomic E-state index is 0.0289. The number of anilines is 2. The molecule has 1 amide bonds. The number of allylic oxidation sites excluding steroid dienone is 1. The zero-order valence-corrected chi connectivity index (χ0v) is 19.7.